The first-order valence-corrected chi connectivity index (χ1v) is 11.9. The summed E-state index contributed by atoms with van der Waals surface area (Å²) in [6, 6.07) is 15.7. The highest BCUT2D eigenvalue weighted by atomic mass is 16.6. The number of anilines is 1. The minimum Gasteiger partial charge on any atom is -0.481 e. The van der Waals surface area contributed by atoms with Crippen LogP contribution in [0.1, 0.15) is 31.7 Å². The van der Waals surface area contributed by atoms with Gasteiger partial charge in [0.05, 0.1) is 18.2 Å². The lowest BCUT2D eigenvalue weighted by molar-refractivity contribution is -0.140. The predicted molar refractivity (Wildman–Crippen MR) is 131 cm³/mol. The zero-order valence-corrected chi connectivity index (χ0v) is 19.9. The molecule has 2 atom stereocenters. The Labute approximate surface area is 203 Å². The van der Waals surface area contributed by atoms with E-state index in [0.717, 1.165) is 34.2 Å². The highest BCUT2D eigenvalue weighted by Crippen LogP contribution is 2.48. The average molecular weight is 476 g/mol. The number of carbonyl (C=O) groups excluding carboxylic acids is 1. The molecule has 2 unspecified atom stereocenters. The Bertz CT molecular complexity index is 1220. The first kappa shape index (κ1) is 23.1. The Balaban J connectivity index is 1.29. The van der Waals surface area contributed by atoms with Crippen molar-refractivity contribution in [3.8, 4) is 22.3 Å². The van der Waals surface area contributed by atoms with Gasteiger partial charge in [-0.15, -0.1) is 0 Å². The average Bonchev–Trinajstić information content (AvgIpc) is 3.34. The molecule has 8 nitrogen and oxygen atoms in total. The Morgan fingerprint density at radius 2 is 1.74 bits per heavy atom. The van der Waals surface area contributed by atoms with E-state index in [1.54, 1.807) is 17.9 Å². The Morgan fingerprint density at radius 3 is 2.31 bits per heavy atom. The summed E-state index contributed by atoms with van der Waals surface area (Å²) in [7, 11) is 1.77. The molecule has 8 heteroatoms. The molecule has 1 aromatic heterocycles. The topological polar surface area (TPSA) is 103 Å². The van der Waals surface area contributed by atoms with Crippen molar-refractivity contribution in [3.05, 3.63) is 60.3 Å². The molecule has 182 valence electrons. The van der Waals surface area contributed by atoms with Crippen LogP contribution in [0.2, 0.25) is 0 Å². The van der Waals surface area contributed by atoms with Gasteiger partial charge in [0.25, 0.3) is 0 Å². The lowest BCUT2D eigenvalue weighted by atomic mass is 9.93. The number of hydrogen-bond acceptors (Lipinski definition) is 5. The monoisotopic (exact) mass is 475 g/mol. The number of amides is 1. The number of aromatic nitrogens is 2. The summed E-state index contributed by atoms with van der Waals surface area (Å²) in [5, 5.41) is 16.7. The van der Waals surface area contributed by atoms with E-state index in [-0.39, 0.29) is 12.0 Å². The molecule has 2 heterocycles. The van der Waals surface area contributed by atoms with Crippen LogP contribution in [-0.2, 0) is 26.7 Å². The summed E-state index contributed by atoms with van der Waals surface area (Å²) >= 11 is 0. The number of benzene rings is 2. The second-order valence-electron chi connectivity index (χ2n) is 9.43. The zero-order chi connectivity index (χ0) is 24.6. The van der Waals surface area contributed by atoms with E-state index < -0.39 is 17.5 Å². The first-order valence-electron chi connectivity index (χ1n) is 11.9. The number of ether oxygens (including phenoxy) is 2. The van der Waals surface area contributed by atoms with Crippen molar-refractivity contribution in [1.82, 2.24) is 9.78 Å². The third-order valence-corrected chi connectivity index (χ3v) is 7.21. The van der Waals surface area contributed by atoms with Gasteiger partial charge in [-0.25, -0.2) is 4.79 Å². The van der Waals surface area contributed by atoms with Crippen LogP contribution in [0.25, 0.3) is 22.3 Å². The van der Waals surface area contributed by atoms with Crippen LogP contribution in [0.5, 0.6) is 0 Å². The van der Waals surface area contributed by atoms with E-state index in [4.69, 9.17) is 9.47 Å². The molecule has 5 rings (SSSR count). The van der Waals surface area contributed by atoms with Gasteiger partial charge in [-0.3, -0.25) is 14.8 Å². The quantitative estimate of drug-likeness (QED) is 0.507. The molecule has 1 saturated carbocycles. The molecule has 0 bridgehead atoms. The maximum absolute atomic E-state index is 12.5. The normalized spacial score (nSPS) is 19.2. The Kier molecular flexibility index (Phi) is 6.06. The van der Waals surface area contributed by atoms with Crippen LogP contribution < -0.4 is 5.32 Å². The maximum atomic E-state index is 12.5. The van der Waals surface area contributed by atoms with E-state index >= 15 is 0 Å². The number of hydrogen-bond donors (Lipinski definition) is 2. The molecular formula is C27H29N3O5. The van der Waals surface area contributed by atoms with Gasteiger partial charge >= 0.3 is 12.1 Å². The zero-order valence-electron chi connectivity index (χ0n) is 19.9. The molecule has 0 spiro atoms. The molecule has 1 aliphatic carbocycles. The molecule has 1 amide bonds. The van der Waals surface area contributed by atoms with Crippen LogP contribution in [0.4, 0.5) is 10.6 Å². The minimum atomic E-state index is -0.749. The number of nitrogens with one attached hydrogen (secondary N) is 1. The summed E-state index contributed by atoms with van der Waals surface area (Å²) in [5.74, 6) is 0.0269. The lowest BCUT2D eigenvalue weighted by Crippen LogP contribution is -2.27. The van der Waals surface area contributed by atoms with Crippen molar-refractivity contribution in [2.75, 3.05) is 18.5 Å². The standard InChI is InChI=1S/C27H29N3O5/c1-17(21-11-14-34-16-21)35-26(33)29-24-23(15-28-30(24)2)20-5-3-18(4-6-20)19-7-9-22(10-8-19)27(12-13-27)25(31)32/h3-10,15,17,21H,11-14,16H2,1-2H3,(H,29,33)(H,31,32). The van der Waals surface area contributed by atoms with Gasteiger partial charge in [-0.2, -0.15) is 5.10 Å². The minimum absolute atomic E-state index is 0.215. The molecule has 2 fully saturated rings. The fraction of sp³-hybridized carbons (Fsp3) is 0.370. The van der Waals surface area contributed by atoms with Crippen molar-refractivity contribution in [1.29, 1.82) is 0 Å². The second-order valence-corrected chi connectivity index (χ2v) is 9.43. The fourth-order valence-electron chi connectivity index (χ4n) is 4.69. The molecule has 0 radical (unpaired) electrons. The molecule has 1 aliphatic heterocycles. The molecule has 2 aliphatic rings. The SMILES string of the molecule is CC(OC(=O)Nc1c(-c2ccc(-c3ccc(C4(C(=O)O)CC4)cc3)cc2)cnn1C)C1CCOC1. The predicted octanol–water partition coefficient (Wildman–Crippen LogP) is 4.84. The van der Waals surface area contributed by atoms with E-state index in [1.807, 2.05) is 55.5 Å². The fourth-order valence-corrected chi connectivity index (χ4v) is 4.69. The lowest BCUT2D eigenvalue weighted by Gasteiger charge is -2.19. The molecular weight excluding hydrogens is 446 g/mol. The number of aryl methyl sites for hydroxylation is 1. The first-order chi connectivity index (χ1) is 16.9. The van der Waals surface area contributed by atoms with E-state index in [2.05, 4.69) is 10.4 Å². The highest BCUT2D eigenvalue weighted by molar-refractivity contribution is 5.90. The largest absolute Gasteiger partial charge is 0.481 e. The smallest absolute Gasteiger partial charge is 0.413 e. The van der Waals surface area contributed by atoms with Crippen molar-refractivity contribution in [2.24, 2.45) is 13.0 Å². The van der Waals surface area contributed by atoms with E-state index in [9.17, 15) is 14.7 Å². The van der Waals surface area contributed by atoms with Crippen LogP contribution in [0.3, 0.4) is 0 Å². The van der Waals surface area contributed by atoms with Gasteiger partial charge < -0.3 is 14.6 Å². The third-order valence-electron chi connectivity index (χ3n) is 7.21. The molecule has 2 aromatic carbocycles. The van der Waals surface area contributed by atoms with Crippen LogP contribution >= 0.6 is 0 Å². The summed E-state index contributed by atoms with van der Waals surface area (Å²) in [6.45, 7) is 3.20. The molecule has 3 aromatic rings. The van der Waals surface area contributed by atoms with Crippen molar-refractivity contribution in [2.45, 2.75) is 37.7 Å². The summed E-state index contributed by atoms with van der Waals surface area (Å²) in [4.78, 5) is 24.1. The number of rotatable bonds is 7. The van der Waals surface area contributed by atoms with Crippen LogP contribution in [0.15, 0.2) is 54.7 Å². The van der Waals surface area contributed by atoms with Crippen molar-refractivity contribution >= 4 is 17.9 Å². The van der Waals surface area contributed by atoms with Gasteiger partial charge in [-0.05, 0) is 48.4 Å². The maximum Gasteiger partial charge on any atom is 0.413 e. The van der Waals surface area contributed by atoms with Crippen molar-refractivity contribution in [3.63, 3.8) is 0 Å². The second kappa shape index (κ2) is 9.19. The summed E-state index contributed by atoms with van der Waals surface area (Å²) in [6.07, 6.45) is 3.25. The number of aliphatic carboxylic acids is 1. The highest BCUT2D eigenvalue weighted by Gasteiger charge is 2.51. The Morgan fingerprint density at radius 1 is 1.11 bits per heavy atom. The molecule has 2 N–H and O–H groups in total. The number of nitrogens with zero attached hydrogens (tertiary/aromatic N) is 2. The van der Waals surface area contributed by atoms with Gasteiger partial charge in [0.2, 0.25) is 0 Å². The van der Waals surface area contributed by atoms with E-state index in [1.165, 1.54) is 0 Å². The van der Waals surface area contributed by atoms with Crippen LogP contribution in [-0.4, -0.2) is 46.3 Å². The third kappa shape index (κ3) is 4.53. The van der Waals surface area contributed by atoms with Crippen molar-refractivity contribution < 1.29 is 24.2 Å². The summed E-state index contributed by atoms with van der Waals surface area (Å²) < 4.78 is 12.6. The number of carboxylic acid groups (broad SMARTS) is 1. The van der Waals surface area contributed by atoms with Gasteiger partial charge in [-0.1, -0.05) is 48.5 Å². The van der Waals surface area contributed by atoms with Gasteiger partial charge in [0.1, 0.15) is 11.9 Å². The van der Waals surface area contributed by atoms with Crippen LogP contribution in [0, 0.1) is 5.92 Å². The van der Waals surface area contributed by atoms with Gasteiger partial charge in [0, 0.05) is 25.1 Å². The number of carboxylic acids is 1. The molecule has 35 heavy (non-hydrogen) atoms. The van der Waals surface area contributed by atoms with Gasteiger partial charge in [0.15, 0.2) is 0 Å². The Hall–Kier alpha value is -3.65. The molecule has 1 saturated heterocycles. The van der Waals surface area contributed by atoms with E-state index in [0.29, 0.717) is 31.9 Å². The summed E-state index contributed by atoms with van der Waals surface area (Å²) in [5.41, 5.74) is 3.90. The number of carbonyl (C=O) groups is 2.